The SMILES string of the molecule is COC(=N)CCCc1cc(F)ccc1F. The van der Waals surface area contributed by atoms with Crippen LogP contribution in [-0.2, 0) is 11.2 Å². The summed E-state index contributed by atoms with van der Waals surface area (Å²) in [7, 11) is 1.42. The molecule has 0 aliphatic heterocycles. The van der Waals surface area contributed by atoms with Crippen LogP contribution in [0.2, 0.25) is 0 Å². The molecule has 0 saturated carbocycles. The van der Waals surface area contributed by atoms with Crippen molar-refractivity contribution in [2.75, 3.05) is 7.11 Å². The van der Waals surface area contributed by atoms with E-state index in [0.717, 1.165) is 12.1 Å². The molecule has 0 bridgehead atoms. The van der Waals surface area contributed by atoms with Gasteiger partial charge in [-0.15, -0.1) is 0 Å². The van der Waals surface area contributed by atoms with E-state index in [1.54, 1.807) is 0 Å². The topological polar surface area (TPSA) is 33.1 Å². The standard InChI is InChI=1S/C11H13F2NO/c1-15-11(14)4-2-3-8-7-9(12)5-6-10(8)13/h5-7,14H,2-4H2,1H3. The van der Waals surface area contributed by atoms with Crippen molar-refractivity contribution in [3.8, 4) is 0 Å². The lowest BCUT2D eigenvalue weighted by molar-refractivity contribution is 0.384. The molecule has 82 valence electrons. The lowest BCUT2D eigenvalue weighted by Gasteiger charge is -2.04. The van der Waals surface area contributed by atoms with E-state index in [9.17, 15) is 8.78 Å². The average molecular weight is 213 g/mol. The highest BCUT2D eigenvalue weighted by Gasteiger charge is 2.04. The first kappa shape index (κ1) is 11.6. The van der Waals surface area contributed by atoms with Crippen LogP contribution in [0.4, 0.5) is 8.78 Å². The second kappa shape index (κ2) is 5.44. The third kappa shape index (κ3) is 3.65. The van der Waals surface area contributed by atoms with Crippen molar-refractivity contribution in [3.05, 3.63) is 35.4 Å². The van der Waals surface area contributed by atoms with Crippen LogP contribution in [0.1, 0.15) is 18.4 Å². The largest absolute Gasteiger partial charge is 0.484 e. The summed E-state index contributed by atoms with van der Waals surface area (Å²) in [6.07, 6.45) is 1.43. The molecule has 0 fully saturated rings. The lowest BCUT2D eigenvalue weighted by atomic mass is 10.1. The highest BCUT2D eigenvalue weighted by molar-refractivity contribution is 5.72. The molecule has 0 atom stereocenters. The predicted octanol–water partition coefficient (Wildman–Crippen LogP) is 2.91. The van der Waals surface area contributed by atoms with Crippen LogP contribution in [0.25, 0.3) is 0 Å². The molecule has 15 heavy (non-hydrogen) atoms. The van der Waals surface area contributed by atoms with E-state index < -0.39 is 11.6 Å². The zero-order valence-electron chi connectivity index (χ0n) is 8.52. The van der Waals surface area contributed by atoms with Crippen LogP contribution in [0.15, 0.2) is 18.2 Å². The van der Waals surface area contributed by atoms with Crippen LogP contribution >= 0.6 is 0 Å². The summed E-state index contributed by atoms with van der Waals surface area (Å²) in [5.74, 6) is -0.680. The second-order valence-electron chi connectivity index (χ2n) is 3.22. The highest BCUT2D eigenvalue weighted by Crippen LogP contribution is 2.12. The average Bonchev–Trinajstić information content (AvgIpc) is 2.23. The van der Waals surface area contributed by atoms with E-state index in [-0.39, 0.29) is 5.90 Å². The summed E-state index contributed by atoms with van der Waals surface area (Å²) in [6, 6.07) is 3.40. The number of benzene rings is 1. The van der Waals surface area contributed by atoms with E-state index >= 15 is 0 Å². The summed E-state index contributed by atoms with van der Waals surface area (Å²) in [6.45, 7) is 0. The third-order valence-electron chi connectivity index (χ3n) is 2.10. The van der Waals surface area contributed by atoms with Crippen LogP contribution in [0.3, 0.4) is 0 Å². The number of hydrogen-bond acceptors (Lipinski definition) is 2. The maximum absolute atomic E-state index is 13.1. The minimum atomic E-state index is -0.437. The number of ether oxygens (including phenoxy) is 1. The molecular weight excluding hydrogens is 200 g/mol. The first-order valence-corrected chi connectivity index (χ1v) is 4.69. The molecule has 0 aliphatic carbocycles. The second-order valence-corrected chi connectivity index (χ2v) is 3.22. The molecule has 2 nitrogen and oxygen atoms in total. The monoisotopic (exact) mass is 213 g/mol. The summed E-state index contributed by atoms with van der Waals surface area (Å²) >= 11 is 0. The zero-order valence-corrected chi connectivity index (χ0v) is 8.52. The van der Waals surface area contributed by atoms with Crippen LogP contribution in [-0.4, -0.2) is 13.0 Å². The molecule has 0 radical (unpaired) electrons. The van der Waals surface area contributed by atoms with Crippen LogP contribution in [0, 0.1) is 17.0 Å². The van der Waals surface area contributed by atoms with Gasteiger partial charge in [-0.1, -0.05) is 0 Å². The molecule has 1 aromatic carbocycles. The van der Waals surface area contributed by atoms with Crippen molar-refractivity contribution in [2.45, 2.75) is 19.3 Å². The fourth-order valence-corrected chi connectivity index (χ4v) is 1.28. The molecule has 0 unspecified atom stereocenters. The van der Waals surface area contributed by atoms with E-state index in [0.29, 0.717) is 24.8 Å². The number of halogens is 2. The van der Waals surface area contributed by atoms with E-state index in [1.807, 2.05) is 0 Å². The van der Waals surface area contributed by atoms with Gasteiger partial charge in [0, 0.05) is 6.42 Å². The van der Waals surface area contributed by atoms with Gasteiger partial charge in [0.1, 0.15) is 11.6 Å². The number of hydrogen-bond donors (Lipinski definition) is 1. The highest BCUT2D eigenvalue weighted by atomic mass is 19.1. The predicted molar refractivity (Wildman–Crippen MR) is 54.0 cm³/mol. The Kier molecular flexibility index (Phi) is 4.21. The summed E-state index contributed by atoms with van der Waals surface area (Å²) < 4.78 is 30.5. The molecule has 0 spiro atoms. The Morgan fingerprint density at radius 3 is 2.80 bits per heavy atom. The van der Waals surface area contributed by atoms with Gasteiger partial charge in [-0.05, 0) is 36.6 Å². The molecule has 1 N–H and O–H groups in total. The Morgan fingerprint density at radius 1 is 1.40 bits per heavy atom. The Hall–Kier alpha value is -1.45. The van der Waals surface area contributed by atoms with Crippen LogP contribution < -0.4 is 0 Å². The number of rotatable bonds is 4. The molecule has 1 rings (SSSR count). The normalized spacial score (nSPS) is 10.1. The smallest absolute Gasteiger partial charge is 0.180 e. The van der Waals surface area contributed by atoms with Crippen LogP contribution in [0.5, 0.6) is 0 Å². The van der Waals surface area contributed by atoms with E-state index in [2.05, 4.69) is 4.74 Å². The Labute approximate surface area is 87.4 Å². The Morgan fingerprint density at radius 2 is 2.13 bits per heavy atom. The lowest BCUT2D eigenvalue weighted by Crippen LogP contribution is -2.00. The Balaban J connectivity index is 2.50. The summed E-state index contributed by atoms with van der Waals surface area (Å²) in [5.41, 5.74) is 0.346. The van der Waals surface area contributed by atoms with E-state index in [4.69, 9.17) is 5.41 Å². The van der Waals surface area contributed by atoms with Crippen molar-refractivity contribution in [1.82, 2.24) is 0 Å². The van der Waals surface area contributed by atoms with Crippen molar-refractivity contribution < 1.29 is 13.5 Å². The van der Waals surface area contributed by atoms with Crippen molar-refractivity contribution in [2.24, 2.45) is 0 Å². The zero-order chi connectivity index (χ0) is 11.3. The first-order valence-electron chi connectivity index (χ1n) is 4.69. The molecule has 0 saturated heterocycles. The minimum absolute atomic E-state index is 0.159. The van der Waals surface area contributed by atoms with Gasteiger partial charge in [-0.25, -0.2) is 8.78 Å². The number of aryl methyl sites for hydroxylation is 1. The van der Waals surface area contributed by atoms with Gasteiger partial charge in [0.05, 0.1) is 7.11 Å². The van der Waals surface area contributed by atoms with Gasteiger partial charge in [0.15, 0.2) is 5.90 Å². The van der Waals surface area contributed by atoms with Crippen molar-refractivity contribution in [3.63, 3.8) is 0 Å². The van der Waals surface area contributed by atoms with Crippen molar-refractivity contribution >= 4 is 5.90 Å². The minimum Gasteiger partial charge on any atom is -0.484 e. The molecule has 1 aromatic rings. The maximum atomic E-state index is 13.1. The van der Waals surface area contributed by atoms with Gasteiger partial charge in [0.25, 0.3) is 0 Å². The molecule has 0 aromatic heterocycles. The van der Waals surface area contributed by atoms with Gasteiger partial charge >= 0.3 is 0 Å². The first-order chi connectivity index (χ1) is 7.13. The maximum Gasteiger partial charge on any atom is 0.180 e. The summed E-state index contributed by atoms with van der Waals surface area (Å²) in [4.78, 5) is 0. The van der Waals surface area contributed by atoms with Gasteiger partial charge in [-0.2, -0.15) is 0 Å². The molecule has 0 amide bonds. The number of methoxy groups -OCH3 is 1. The number of nitrogens with one attached hydrogen (secondary N) is 1. The summed E-state index contributed by atoms with van der Waals surface area (Å²) in [5, 5.41) is 7.21. The fraction of sp³-hybridized carbons (Fsp3) is 0.364. The Bertz CT molecular complexity index is 352. The quantitative estimate of drug-likeness (QED) is 0.605. The van der Waals surface area contributed by atoms with Gasteiger partial charge in [0.2, 0.25) is 0 Å². The fourth-order valence-electron chi connectivity index (χ4n) is 1.28. The van der Waals surface area contributed by atoms with Crippen molar-refractivity contribution in [1.29, 1.82) is 5.41 Å². The third-order valence-corrected chi connectivity index (χ3v) is 2.10. The molecule has 0 heterocycles. The molecule has 4 heteroatoms. The van der Waals surface area contributed by atoms with Gasteiger partial charge in [-0.3, -0.25) is 5.41 Å². The van der Waals surface area contributed by atoms with Gasteiger partial charge < -0.3 is 4.74 Å². The van der Waals surface area contributed by atoms with E-state index in [1.165, 1.54) is 13.2 Å². The molecular formula is C11H13F2NO. The molecule has 0 aliphatic rings.